The number of aromatic nitrogens is 1. The topological polar surface area (TPSA) is 79.8 Å². The molecular formula is C22H25N3O4S2. The summed E-state index contributed by atoms with van der Waals surface area (Å²) in [5.41, 5.74) is 1.20. The summed E-state index contributed by atoms with van der Waals surface area (Å²) in [6.45, 7) is 2.89. The van der Waals surface area contributed by atoms with Crippen LogP contribution in [0.2, 0.25) is 0 Å². The highest BCUT2D eigenvalue weighted by Crippen LogP contribution is 2.32. The molecule has 9 heteroatoms. The monoisotopic (exact) mass is 459 g/mol. The number of sulfonamides is 1. The van der Waals surface area contributed by atoms with E-state index < -0.39 is 10.0 Å². The van der Waals surface area contributed by atoms with Crippen molar-refractivity contribution >= 4 is 37.5 Å². The highest BCUT2D eigenvalue weighted by molar-refractivity contribution is 7.89. The molecule has 0 aliphatic carbocycles. The van der Waals surface area contributed by atoms with Crippen LogP contribution in [0.1, 0.15) is 41.2 Å². The van der Waals surface area contributed by atoms with Crippen LogP contribution in [0.3, 0.4) is 0 Å². The number of benzene rings is 2. The third-order valence-electron chi connectivity index (χ3n) is 5.66. The smallest absolute Gasteiger partial charge is 0.254 e. The van der Waals surface area contributed by atoms with Crippen molar-refractivity contribution in [3.63, 3.8) is 0 Å². The minimum Gasteiger partial charge on any atom is -0.495 e. The average molecular weight is 460 g/mol. The van der Waals surface area contributed by atoms with Gasteiger partial charge < -0.3 is 9.64 Å². The van der Waals surface area contributed by atoms with Crippen LogP contribution in [0.15, 0.2) is 47.4 Å². The van der Waals surface area contributed by atoms with E-state index >= 15 is 0 Å². The number of amides is 1. The fraction of sp³-hybridized carbons (Fsp3) is 0.364. The van der Waals surface area contributed by atoms with Gasteiger partial charge in [0.2, 0.25) is 10.0 Å². The van der Waals surface area contributed by atoms with Crippen molar-refractivity contribution in [3.8, 4) is 5.75 Å². The average Bonchev–Trinajstić information content (AvgIpc) is 3.47. The Labute approximate surface area is 186 Å². The molecule has 1 aliphatic rings. The largest absolute Gasteiger partial charge is 0.495 e. The lowest BCUT2D eigenvalue weighted by atomic mass is 10.1. The van der Waals surface area contributed by atoms with Gasteiger partial charge in [0.05, 0.1) is 23.4 Å². The fourth-order valence-electron chi connectivity index (χ4n) is 3.69. The second kappa shape index (κ2) is 8.57. The summed E-state index contributed by atoms with van der Waals surface area (Å²) < 4.78 is 34.1. The normalized spacial score (nSPS) is 15.8. The summed E-state index contributed by atoms with van der Waals surface area (Å²) in [5.74, 6) is -0.0300. The summed E-state index contributed by atoms with van der Waals surface area (Å²) in [7, 11) is -0.588. The maximum atomic E-state index is 13.2. The van der Waals surface area contributed by atoms with Crippen molar-refractivity contribution in [2.75, 3.05) is 27.2 Å². The first-order chi connectivity index (χ1) is 14.8. The number of methoxy groups -OCH3 is 1. The Balaban J connectivity index is 1.64. The van der Waals surface area contributed by atoms with Crippen molar-refractivity contribution in [2.24, 2.45) is 0 Å². The van der Waals surface area contributed by atoms with Crippen molar-refractivity contribution in [2.45, 2.75) is 30.7 Å². The lowest BCUT2D eigenvalue weighted by Gasteiger charge is -2.24. The van der Waals surface area contributed by atoms with Gasteiger partial charge in [0, 0.05) is 25.7 Å². The van der Waals surface area contributed by atoms with Gasteiger partial charge in [-0.25, -0.2) is 13.4 Å². The Hall–Kier alpha value is -2.49. The number of para-hydroxylation sites is 1. The predicted octanol–water partition coefficient (Wildman–Crippen LogP) is 3.92. The van der Waals surface area contributed by atoms with Crippen LogP contribution >= 0.6 is 11.3 Å². The number of nitrogens with zero attached hydrogens (tertiary/aromatic N) is 3. The zero-order valence-electron chi connectivity index (χ0n) is 17.7. The molecule has 4 rings (SSSR count). The molecule has 3 aromatic rings. The lowest BCUT2D eigenvalue weighted by Crippen LogP contribution is -2.31. The van der Waals surface area contributed by atoms with Crippen molar-refractivity contribution in [1.82, 2.24) is 14.2 Å². The molecule has 31 heavy (non-hydrogen) atoms. The molecule has 0 bridgehead atoms. The van der Waals surface area contributed by atoms with Crippen molar-refractivity contribution in [3.05, 3.63) is 53.0 Å². The van der Waals surface area contributed by atoms with E-state index in [1.54, 1.807) is 35.4 Å². The Morgan fingerprint density at radius 3 is 2.58 bits per heavy atom. The van der Waals surface area contributed by atoms with E-state index in [1.807, 2.05) is 31.2 Å². The zero-order valence-corrected chi connectivity index (χ0v) is 19.4. The molecular weight excluding hydrogens is 434 g/mol. The Morgan fingerprint density at radius 2 is 1.90 bits per heavy atom. The third kappa shape index (κ3) is 4.05. The lowest BCUT2D eigenvalue weighted by molar-refractivity contribution is 0.0742. The van der Waals surface area contributed by atoms with E-state index in [0.717, 1.165) is 28.1 Å². The fourth-order valence-corrected chi connectivity index (χ4v) is 6.45. The number of thiazole rings is 1. The number of fused-ring (bicyclic) bond motifs is 1. The summed E-state index contributed by atoms with van der Waals surface area (Å²) in [6, 6.07) is 12.2. The van der Waals surface area contributed by atoms with Crippen LogP contribution in [0.25, 0.3) is 10.2 Å². The Kier molecular flexibility index (Phi) is 6.00. The van der Waals surface area contributed by atoms with Gasteiger partial charge in [0.1, 0.15) is 15.7 Å². The van der Waals surface area contributed by atoms with E-state index in [1.165, 1.54) is 17.5 Å². The van der Waals surface area contributed by atoms with Gasteiger partial charge in [-0.3, -0.25) is 4.79 Å². The molecule has 2 aromatic carbocycles. The standard InChI is InChI=1S/C22H25N3O4S2/c1-15(21-23-17-8-4-5-9-19(17)30-21)24(2)22(26)16-10-11-18(29-3)20(14-16)31(27,28)25-12-6-7-13-25/h4-5,8-11,14-15H,6-7,12-13H2,1-3H3/t15-/m0/s1. The Bertz CT molecular complexity index is 1180. The first-order valence-electron chi connectivity index (χ1n) is 10.1. The third-order valence-corrected chi connectivity index (χ3v) is 8.79. The van der Waals surface area contributed by atoms with Crippen LogP contribution < -0.4 is 4.74 Å². The SMILES string of the molecule is COc1ccc(C(=O)N(C)[C@@H](C)c2nc3ccccc3s2)cc1S(=O)(=O)N1CCCC1. The highest BCUT2D eigenvalue weighted by Gasteiger charge is 2.31. The predicted molar refractivity (Wildman–Crippen MR) is 121 cm³/mol. The molecule has 1 amide bonds. The number of hydrogen-bond donors (Lipinski definition) is 0. The molecule has 2 heterocycles. The highest BCUT2D eigenvalue weighted by atomic mass is 32.2. The molecule has 0 spiro atoms. The maximum Gasteiger partial charge on any atom is 0.254 e. The van der Waals surface area contributed by atoms with Gasteiger partial charge in [-0.15, -0.1) is 11.3 Å². The maximum absolute atomic E-state index is 13.2. The van der Waals surface area contributed by atoms with Crippen LogP contribution in [0.4, 0.5) is 0 Å². The number of carbonyl (C=O) groups excluding carboxylic acids is 1. The van der Waals surface area contributed by atoms with E-state index in [9.17, 15) is 13.2 Å². The number of carbonyl (C=O) groups is 1. The van der Waals surface area contributed by atoms with Gasteiger partial charge in [-0.05, 0) is 50.1 Å². The van der Waals surface area contributed by atoms with Gasteiger partial charge in [-0.2, -0.15) is 4.31 Å². The molecule has 1 saturated heterocycles. The van der Waals surface area contributed by atoms with E-state index in [-0.39, 0.29) is 22.6 Å². The summed E-state index contributed by atoms with van der Waals surface area (Å²) in [5, 5.41) is 0.829. The number of rotatable bonds is 6. The molecule has 0 N–H and O–H groups in total. The van der Waals surface area contributed by atoms with Crippen LogP contribution in [0, 0.1) is 0 Å². The van der Waals surface area contributed by atoms with Gasteiger partial charge in [0.15, 0.2) is 0 Å². The second-order valence-corrected chi connectivity index (χ2v) is 10.6. The van der Waals surface area contributed by atoms with E-state index in [4.69, 9.17) is 4.74 Å². The molecule has 1 atom stereocenters. The summed E-state index contributed by atoms with van der Waals surface area (Å²) in [4.78, 5) is 19.5. The van der Waals surface area contributed by atoms with Crippen LogP contribution in [-0.4, -0.2) is 55.8 Å². The molecule has 0 radical (unpaired) electrons. The summed E-state index contributed by atoms with van der Waals surface area (Å²) in [6.07, 6.45) is 1.67. The van der Waals surface area contributed by atoms with Crippen LogP contribution in [0.5, 0.6) is 5.75 Å². The van der Waals surface area contributed by atoms with Gasteiger partial charge in [0.25, 0.3) is 5.91 Å². The molecule has 7 nitrogen and oxygen atoms in total. The van der Waals surface area contributed by atoms with Gasteiger partial charge >= 0.3 is 0 Å². The molecule has 0 saturated carbocycles. The zero-order chi connectivity index (χ0) is 22.2. The summed E-state index contributed by atoms with van der Waals surface area (Å²) >= 11 is 1.55. The molecule has 1 fully saturated rings. The van der Waals surface area contributed by atoms with Crippen molar-refractivity contribution < 1.29 is 17.9 Å². The van der Waals surface area contributed by atoms with E-state index in [2.05, 4.69) is 4.98 Å². The molecule has 1 aliphatic heterocycles. The van der Waals surface area contributed by atoms with E-state index in [0.29, 0.717) is 18.7 Å². The number of hydrogen-bond acceptors (Lipinski definition) is 6. The first-order valence-corrected chi connectivity index (χ1v) is 12.4. The number of ether oxygens (including phenoxy) is 1. The second-order valence-electron chi connectivity index (χ2n) is 7.59. The van der Waals surface area contributed by atoms with Gasteiger partial charge in [-0.1, -0.05) is 12.1 Å². The Morgan fingerprint density at radius 1 is 1.19 bits per heavy atom. The minimum absolute atomic E-state index is 0.0313. The molecule has 0 unspecified atom stereocenters. The first kappa shape index (κ1) is 21.7. The van der Waals surface area contributed by atoms with Crippen molar-refractivity contribution in [1.29, 1.82) is 0 Å². The minimum atomic E-state index is -3.73. The molecule has 1 aromatic heterocycles. The van der Waals surface area contributed by atoms with Crippen LogP contribution in [-0.2, 0) is 10.0 Å². The molecule has 164 valence electrons. The quantitative estimate of drug-likeness (QED) is 0.558.